The fraction of sp³-hybridized carbons (Fsp3) is 0.267. The van der Waals surface area contributed by atoms with Gasteiger partial charge in [-0.2, -0.15) is 0 Å². The largest absolute Gasteiger partial charge is 0.463 e. The van der Waals surface area contributed by atoms with Crippen LogP contribution in [0.4, 0.5) is 0 Å². The zero-order chi connectivity index (χ0) is 14.8. The Hall–Kier alpha value is -2.63. The Morgan fingerprint density at radius 3 is 2.76 bits per heavy atom. The molecule has 0 N–H and O–H groups in total. The maximum absolute atomic E-state index is 12.1. The van der Waals surface area contributed by atoms with Crippen LogP contribution < -0.4 is 0 Å². The number of benzene rings is 1. The minimum Gasteiger partial charge on any atom is -0.463 e. The molecule has 2 aromatic rings. The molecule has 0 bridgehead atoms. The molecule has 1 atom stereocenters. The lowest BCUT2D eigenvalue weighted by Crippen LogP contribution is -2.23. The number of rotatable bonds is 3. The van der Waals surface area contributed by atoms with Crippen LogP contribution in [-0.2, 0) is 14.3 Å². The van der Waals surface area contributed by atoms with E-state index in [0.29, 0.717) is 18.1 Å². The van der Waals surface area contributed by atoms with Gasteiger partial charge in [0.05, 0.1) is 6.61 Å². The number of carbonyl (C=O) groups is 2. The van der Waals surface area contributed by atoms with E-state index < -0.39 is 18.0 Å². The van der Waals surface area contributed by atoms with Crippen molar-refractivity contribution < 1.29 is 23.5 Å². The van der Waals surface area contributed by atoms with Crippen molar-refractivity contribution in [2.45, 2.75) is 19.4 Å². The quantitative estimate of drug-likeness (QED) is 0.805. The summed E-state index contributed by atoms with van der Waals surface area (Å²) in [5, 5.41) is 0. The highest BCUT2D eigenvalue weighted by Crippen LogP contribution is 2.22. The van der Waals surface area contributed by atoms with E-state index in [1.807, 2.05) is 30.3 Å². The molecule has 0 saturated carbocycles. The fourth-order valence-corrected chi connectivity index (χ4v) is 2.06. The monoisotopic (exact) mass is 287 g/mol. The second kappa shape index (κ2) is 5.40. The molecule has 0 amide bonds. The Morgan fingerprint density at radius 2 is 2.10 bits per heavy atom. The normalized spacial score (nSPS) is 17.6. The van der Waals surface area contributed by atoms with Crippen LogP contribution in [0, 0.1) is 6.92 Å². The number of esters is 2. The third-order valence-corrected chi connectivity index (χ3v) is 3.15. The van der Waals surface area contributed by atoms with Crippen molar-refractivity contribution in [2.75, 3.05) is 6.61 Å². The molecule has 2 heterocycles. The molecular formula is C15H13NO5. The zero-order valence-corrected chi connectivity index (χ0v) is 11.4. The summed E-state index contributed by atoms with van der Waals surface area (Å²) >= 11 is 0. The number of hydrogen-bond acceptors (Lipinski definition) is 6. The van der Waals surface area contributed by atoms with Gasteiger partial charge < -0.3 is 13.9 Å². The van der Waals surface area contributed by atoms with Crippen molar-refractivity contribution in [2.24, 2.45) is 0 Å². The maximum Gasteiger partial charge on any atom is 0.361 e. The van der Waals surface area contributed by atoms with Gasteiger partial charge in [-0.15, -0.1) is 0 Å². The Morgan fingerprint density at radius 1 is 1.33 bits per heavy atom. The van der Waals surface area contributed by atoms with Crippen molar-refractivity contribution in [3.05, 3.63) is 41.8 Å². The second-order valence-corrected chi connectivity index (χ2v) is 4.64. The van der Waals surface area contributed by atoms with Gasteiger partial charge in [0.1, 0.15) is 5.76 Å². The standard InChI is InChI=1S/C15H13NO5/c1-9-12(15(18)21-11-7-8-19-14(11)17)16-13(20-9)10-5-3-2-4-6-10/h2-6,11H,7-8H2,1H3/t11-/m0/s1. The summed E-state index contributed by atoms with van der Waals surface area (Å²) in [6.45, 7) is 1.90. The lowest BCUT2D eigenvalue weighted by atomic mass is 10.2. The molecule has 6 heteroatoms. The Balaban J connectivity index is 1.81. The number of oxazole rings is 1. The molecule has 1 aromatic heterocycles. The van der Waals surface area contributed by atoms with Gasteiger partial charge in [0.25, 0.3) is 0 Å². The SMILES string of the molecule is Cc1oc(-c2ccccc2)nc1C(=O)O[C@H]1CCOC1=O. The van der Waals surface area contributed by atoms with Gasteiger partial charge in [0.2, 0.25) is 12.0 Å². The molecule has 1 aliphatic rings. The molecule has 1 saturated heterocycles. The molecule has 0 aliphatic carbocycles. The minimum atomic E-state index is -0.853. The van der Waals surface area contributed by atoms with E-state index in [1.165, 1.54) is 0 Å². The van der Waals surface area contributed by atoms with E-state index in [9.17, 15) is 9.59 Å². The third-order valence-electron chi connectivity index (χ3n) is 3.15. The zero-order valence-electron chi connectivity index (χ0n) is 11.4. The highest BCUT2D eigenvalue weighted by atomic mass is 16.6. The first-order chi connectivity index (χ1) is 10.1. The van der Waals surface area contributed by atoms with Crippen LogP contribution in [0.5, 0.6) is 0 Å². The number of aryl methyl sites for hydroxylation is 1. The van der Waals surface area contributed by atoms with Gasteiger partial charge in [0.15, 0.2) is 5.69 Å². The molecule has 108 valence electrons. The highest BCUT2D eigenvalue weighted by Gasteiger charge is 2.32. The van der Waals surface area contributed by atoms with E-state index in [1.54, 1.807) is 6.92 Å². The van der Waals surface area contributed by atoms with Gasteiger partial charge in [-0.1, -0.05) is 18.2 Å². The molecule has 21 heavy (non-hydrogen) atoms. The van der Waals surface area contributed by atoms with Crippen LogP contribution in [0.15, 0.2) is 34.7 Å². The number of carbonyl (C=O) groups excluding carboxylic acids is 2. The minimum absolute atomic E-state index is 0.0774. The molecule has 1 aromatic carbocycles. The summed E-state index contributed by atoms with van der Waals surface area (Å²) < 4.78 is 15.3. The fourth-order valence-electron chi connectivity index (χ4n) is 2.06. The molecule has 1 aliphatic heterocycles. The van der Waals surface area contributed by atoms with Gasteiger partial charge in [-0.3, -0.25) is 0 Å². The number of nitrogens with zero attached hydrogens (tertiary/aromatic N) is 1. The average molecular weight is 287 g/mol. The molecular weight excluding hydrogens is 274 g/mol. The van der Waals surface area contributed by atoms with Gasteiger partial charge >= 0.3 is 11.9 Å². The number of cyclic esters (lactones) is 1. The van der Waals surface area contributed by atoms with Crippen LogP contribution in [-0.4, -0.2) is 29.6 Å². The number of aromatic nitrogens is 1. The van der Waals surface area contributed by atoms with E-state index in [-0.39, 0.29) is 12.3 Å². The predicted molar refractivity (Wildman–Crippen MR) is 71.5 cm³/mol. The van der Waals surface area contributed by atoms with Crippen LogP contribution in [0.25, 0.3) is 11.5 Å². The van der Waals surface area contributed by atoms with E-state index in [2.05, 4.69) is 4.98 Å². The molecule has 3 rings (SSSR count). The predicted octanol–water partition coefficient (Wildman–Crippen LogP) is 2.12. The molecule has 0 spiro atoms. The third kappa shape index (κ3) is 2.65. The first-order valence-electron chi connectivity index (χ1n) is 6.55. The summed E-state index contributed by atoms with van der Waals surface area (Å²) in [7, 11) is 0. The van der Waals surface area contributed by atoms with Crippen LogP contribution in [0.1, 0.15) is 22.7 Å². The van der Waals surface area contributed by atoms with Gasteiger partial charge in [-0.25, -0.2) is 14.6 Å². The van der Waals surface area contributed by atoms with Crippen molar-refractivity contribution >= 4 is 11.9 Å². The van der Waals surface area contributed by atoms with Crippen LogP contribution in [0.2, 0.25) is 0 Å². The Labute approximate surface area is 120 Å². The molecule has 0 radical (unpaired) electrons. The average Bonchev–Trinajstić information content (AvgIpc) is 3.06. The first-order valence-corrected chi connectivity index (χ1v) is 6.55. The number of ether oxygens (including phenoxy) is 2. The smallest absolute Gasteiger partial charge is 0.361 e. The summed E-state index contributed by atoms with van der Waals surface area (Å²) in [5.74, 6) is -0.505. The highest BCUT2D eigenvalue weighted by molar-refractivity contribution is 5.91. The van der Waals surface area contributed by atoms with E-state index >= 15 is 0 Å². The van der Waals surface area contributed by atoms with Crippen molar-refractivity contribution in [1.29, 1.82) is 0 Å². The Kier molecular flexibility index (Phi) is 3.43. The Bertz CT molecular complexity index is 677. The van der Waals surface area contributed by atoms with Crippen molar-refractivity contribution in [3.8, 4) is 11.5 Å². The van der Waals surface area contributed by atoms with Crippen molar-refractivity contribution in [3.63, 3.8) is 0 Å². The van der Waals surface area contributed by atoms with Crippen LogP contribution in [0.3, 0.4) is 0 Å². The van der Waals surface area contributed by atoms with E-state index in [4.69, 9.17) is 13.9 Å². The maximum atomic E-state index is 12.1. The van der Waals surface area contributed by atoms with Crippen LogP contribution >= 0.6 is 0 Å². The van der Waals surface area contributed by atoms with Gasteiger partial charge in [-0.05, 0) is 19.1 Å². The summed E-state index contributed by atoms with van der Waals surface area (Å²) in [4.78, 5) is 27.5. The summed E-state index contributed by atoms with van der Waals surface area (Å²) in [6.07, 6.45) is -0.485. The summed E-state index contributed by atoms with van der Waals surface area (Å²) in [5.41, 5.74) is 0.841. The lowest BCUT2D eigenvalue weighted by molar-refractivity contribution is -0.145. The van der Waals surface area contributed by atoms with E-state index in [0.717, 1.165) is 5.56 Å². The molecule has 6 nitrogen and oxygen atoms in total. The van der Waals surface area contributed by atoms with Crippen molar-refractivity contribution in [1.82, 2.24) is 4.98 Å². The second-order valence-electron chi connectivity index (χ2n) is 4.64. The lowest BCUT2D eigenvalue weighted by Gasteiger charge is -2.06. The topological polar surface area (TPSA) is 78.6 Å². The number of hydrogen-bond donors (Lipinski definition) is 0. The molecule has 0 unspecified atom stereocenters. The molecule has 1 fully saturated rings. The van der Waals surface area contributed by atoms with Gasteiger partial charge in [0, 0.05) is 12.0 Å². The first kappa shape index (κ1) is 13.4. The summed E-state index contributed by atoms with van der Waals surface area (Å²) in [6, 6.07) is 9.23.